The van der Waals surface area contributed by atoms with Crippen molar-refractivity contribution >= 4 is 11.5 Å². The van der Waals surface area contributed by atoms with Gasteiger partial charge in [-0.05, 0) is 5.92 Å². The number of rotatable bonds is 2. The van der Waals surface area contributed by atoms with Crippen LogP contribution >= 0.6 is 0 Å². The van der Waals surface area contributed by atoms with Crippen LogP contribution in [-0.2, 0) is 0 Å². The Kier molecular flexibility index (Phi) is 2.70. The SMILES string of the molecule is CC(C)C(C)c1ncc(N)c(N)n1. The summed E-state index contributed by atoms with van der Waals surface area (Å²) in [5, 5.41) is 0. The van der Waals surface area contributed by atoms with Crippen molar-refractivity contribution in [3.8, 4) is 0 Å². The van der Waals surface area contributed by atoms with E-state index in [4.69, 9.17) is 11.5 Å². The average Bonchev–Trinajstić information content (AvgIpc) is 2.08. The Morgan fingerprint density at radius 3 is 2.31 bits per heavy atom. The van der Waals surface area contributed by atoms with E-state index in [1.807, 2.05) is 0 Å². The van der Waals surface area contributed by atoms with Gasteiger partial charge in [0.1, 0.15) is 11.6 Å². The number of nitrogens with two attached hydrogens (primary N) is 2. The second-order valence-electron chi connectivity index (χ2n) is 3.60. The summed E-state index contributed by atoms with van der Waals surface area (Å²) in [7, 11) is 0. The van der Waals surface area contributed by atoms with E-state index >= 15 is 0 Å². The summed E-state index contributed by atoms with van der Waals surface area (Å²) in [4.78, 5) is 8.28. The van der Waals surface area contributed by atoms with E-state index in [0.717, 1.165) is 5.82 Å². The molecule has 1 rings (SSSR count). The number of hydrogen-bond acceptors (Lipinski definition) is 4. The third kappa shape index (κ3) is 2.08. The lowest BCUT2D eigenvalue weighted by Crippen LogP contribution is -2.10. The van der Waals surface area contributed by atoms with E-state index in [0.29, 0.717) is 23.3 Å². The van der Waals surface area contributed by atoms with Crippen LogP contribution in [0.2, 0.25) is 0 Å². The van der Waals surface area contributed by atoms with Crippen molar-refractivity contribution in [2.45, 2.75) is 26.7 Å². The van der Waals surface area contributed by atoms with Gasteiger partial charge < -0.3 is 11.5 Å². The van der Waals surface area contributed by atoms with Crippen molar-refractivity contribution in [1.29, 1.82) is 0 Å². The van der Waals surface area contributed by atoms with Crippen molar-refractivity contribution in [3.05, 3.63) is 12.0 Å². The van der Waals surface area contributed by atoms with Crippen molar-refractivity contribution in [2.24, 2.45) is 5.92 Å². The molecule has 0 spiro atoms. The van der Waals surface area contributed by atoms with Gasteiger partial charge in [-0.3, -0.25) is 0 Å². The second-order valence-corrected chi connectivity index (χ2v) is 3.60. The zero-order valence-electron chi connectivity index (χ0n) is 8.28. The molecule has 1 aromatic heterocycles. The molecule has 1 heterocycles. The monoisotopic (exact) mass is 180 g/mol. The predicted octanol–water partition coefficient (Wildman–Crippen LogP) is 1.40. The summed E-state index contributed by atoms with van der Waals surface area (Å²) in [5.41, 5.74) is 11.5. The molecule has 1 unspecified atom stereocenters. The van der Waals surface area contributed by atoms with E-state index in [1.54, 1.807) is 6.20 Å². The molecule has 0 aliphatic heterocycles. The molecule has 0 bridgehead atoms. The zero-order valence-corrected chi connectivity index (χ0v) is 8.28. The molecule has 0 saturated carbocycles. The fraction of sp³-hybridized carbons (Fsp3) is 0.556. The Morgan fingerprint density at radius 2 is 1.85 bits per heavy atom. The van der Waals surface area contributed by atoms with Crippen molar-refractivity contribution in [1.82, 2.24) is 9.97 Å². The maximum atomic E-state index is 5.58. The van der Waals surface area contributed by atoms with E-state index in [9.17, 15) is 0 Å². The lowest BCUT2D eigenvalue weighted by atomic mass is 9.97. The van der Waals surface area contributed by atoms with Crippen LogP contribution < -0.4 is 11.5 Å². The summed E-state index contributed by atoms with van der Waals surface area (Å²) in [6, 6.07) is 0. The van der Waals surface area contributed by atoms with Crippen molar-refractivity contribution in [3.63, 3.8) is 0 Å². The highest BCUT2D eigenvalue weighted by atomic mass is 15.0. The molecule has 0 saturated heterocycles. The zero-order chi connectivity index (χ0) is 10.0. The molecule has 72 valence electrons. The summed E-state index contributed by atoms with van der Waals surface area (Å²) in [6.45, 7) is 6.33. The quantitative estimate of drug-likeness (QED) is 0.721. The van der Waals surface area contributed by atoms with Gasteiger partial charge in [0.05, 0.1) is 11.9 Å². The maximum absolute atomic E-state index is 5.58. The Bertz CT molecular complexity index is 296. The highest BCUT2D eigenvalue weighted by molar-refractivity contribution is 5.55. The minimum atomic E-state index is 0.308. The van der Waals surface area contributed by atoms with Gasteiger partial charge in [0.2, 0.25) is 0 Å². The lowest BCUT2D eigenvalue weighted by molar-refractivity contribution is 0.511. The molecule has 1 atom stereocenters. The number of hydrogen-bond donors (Lipinski definition) is 2. The van der Waals surface area contributed by atoms with Crippen LogP contribution in [0.3, 0.4) is 0 Å². The molecule has 0 aliphatic rings. The minimum Gasteiger partial charge on any atom is -0.394 e. The lowest BCUT2D eigenvalue weighted by Gasteiger charge is -2.14. The first-order valence-electron chi connectivity index (χ1n) is 4.40. The average molecular weight is 180 g/mol. The summed E-state index contributed by atoms with van der Waals surface area (Å²) in [6.07, 6.45) is 1.57. The topological polar surface area (TPSA) is 77.8 Å². The molecule has 0 fully saturated rings. The van der Waals surface area contributed by atoms with E-state index in [1.165, 1.54) is 0 Å². The standard InChI is InChI=1S/C9H16N4/c1-5(2)6(3)9-12-4-7(10)8(11)13-9/h4-6H,10H2,1-3H3,(H2,11,12,13). The van der Waals surface area contributed by atoms with E-state index in [-0.39, 0.29) is 0 Å². The molecule has 1 aromatic rings. The van der Waals surface area contributed by atoms with Gasteiger partial charge in [-0.25, -0.2) is 9.97 Å². The second kappa shape index (κ2) is 3.60. The molecular weight excluding hydrogens is 164 g/mol. The van der Waals surface area contributed by atoms with Gasteiger partial charge >= 0.3 is 0 Å². The van der Waals surface area contributed by atoms with Gasteiger partial charge in [0.15, 0.2) is 0 Å². The van der Waals surface area contributed by atoms with Crippen LogP contribution in [0.15, 0.2) is 6.20 Å². The molecule has 0 amide bonds. The third-order valence-electron chi connectivity index (χ3n) is 2.27. The summed E-state index contributed by atoms with van der Waals surface area (Å²) in [5.74, 6) is 1.95. The Labute approximate surface area is 78.4 Å². The third-order valence-corrected chi connectivity index (χ3v) is 2.27. The number of nitrogen functional groups attached to an aromatic ring is 2. The number of nitrogens with zero attached hydrogens (tertiary/aromatic N) is 2. The number of aromatic nitrogens is 2. The molecule has 4 N–H and O–H groups in total. The normalized spacial score (nSPS) is 13.2. The highest BCUT2D eigenvalue weighted by Crippen LogP contribution is 2.21. The summed E-state index contributed by atoms with van der Waals surface area (Å²) < 4.78 is 0. The molecule has 0 aromatic carbocycles. The van der Waals surface area contributed by atoms with Gasteiger partial charge in [0.25, 0.3) is 0 Å². The molecule has 4 heteroatoms. The number of anilines is 2. The van der Waals surface area contributed by atoms with Crippen molar-refractivity contribution in [2.75, 3.05) is 11.5 Å². The molecule has 13 heavy (non-hydrogen) atoms. The molecular formula is C9H16N4. The Morgan fingerprint density at radius 1 is 1.23 bits per heavy atom. The first-order valence-corrected chi connectivity index (χ1v) is 4.40. The molecule has 0 radical (unpaired) electrons. The highest BCUT2D eigenvalue weighted by Gasteiger charge is 2.13. The molecule has 4 nitrogen and oxygen atoms in total. The van der Waals surface area contributed by atoms with E-state index in [2.05, 4.69) is 30.7 Å². The van der Waals surface area contributed by atoms with Gasteiger partial charge in [0, 0.05) is 5.92 Å². The molecule has 0 aliphatic carbocycles. The smallest absolute Gasteiger partial charge is 0.150 e. The Balaban J connectivity index is 2.97. The maximum Gasteiger partial charge on any atom is 0.150 e. The first-order chi connectivity index (χ1) is 6.02. The van der Waals surface area contributed by atoms with Crippen molar-refractivity contribution < 1.29 is 0 Å². The van der Waals surface area contributed by atoms with Gasteiger partial charge in [-0.2, -0.15) is 0 Å². The van der Waals surface area contributed by atoms with Crippen LogP contribution in [0.25, 0.3) is 0 Å². The largest absolute Gasteiger partial charge is 0.394 e. The Hall–Kier alpha value is -1.32. The van der Waals surface area contributed by atoms with Crippen LogP contribution in [-0.4, -0.2) is 9.97 Å². The fourth-order valence-corrected chi connectivity index (χ4v) is 0.936. The first kappa shape index (κ1) is 9.77. The van der Waals surface area contributed by atoms with Gasteiger partial charge in [-0.15, -0.1) is 0 Å². The summed E-state index contributed by atoms with van der Waals surface area (Å²) >= 11 is 0. The van der Waals surface area contributed by atoms with Gasteiger partial charge in [-0.1, -0.05) is 20.8 Å². The fourth-order valence-electron chi connectivity index (χ4n) is 0.936. The van der Waals surface area contributed by atoms with Crippen LogP contribution in [0.5, 0.6) is 0 Å². The van der Waals surface area contributed by atoms with Crippen LogP contribution in [0.4, 0.5) is 11.5 Å². The predicted molar refractivity (Wildman–Crippen MR) is 54.1 cm³/mol. The van der Waals surface area contributed by atoms with E-state index < -0.39 is 0 Å². The minimum absolute atomic E-state index is 0.308. The van der Waals surface area contributed by atoms with Crippen LogP contribution in [0, 0.1) is 5.92 Å². The van der Waals surface area contributed by atoms with Crippen LogP contribution in [0.1, 0.15) is 32.5 Å².